The van der Waals surface area contributed by atoms with Gasteiger partial charge in [0.2, 0.25) is 0 Å². The van der Waals surface area contributed by atoms with Crippen LogP contribution in [0.5, 0.6) is 0 Å². The molecule has 2 heterocycles. The Morgan fingerprint density at radius 3 is 0.946 bits per heavy atom. The lowest BCUT2D eigenvalue weighted by molar-refractivity contribution is 0.660. The highest BCUT2D eigenvalue weighted by atomic mass is 16.3. The first-order valence-electron chi connectivity index (χ1n) is 38.3. The molecule has 0 amide bonds. The van der Waals surface area contributed by atoms with Crippen molar-refractivity contribution < 1.29 is 8.83 Å². The van der Waals surface area contributed by atoms with Crippen molar-refractivity contribution in [3.8, 4) is 89.0 Å². The number of anilines is 6. The Morgan fingerprint density at radius 2 is 0.495 bits per heavy atom. The summed E-state index contributed by atoms with van der Waals surface area (Å²) in [5.41, 5.74) is 35.4. The van der Waals surface area contributed by atoms with Gasteiger partial charge in [0.25, 0.3) is 0 Å². The lowest BCUT2D eigenvalue weighted by atomic mass is 9.81. The minimum Gasteiger partial charge on any atom is -0.455 e. The minimum atomic E-state index is -0.0782. The van der Waals surface area contributed by atoms with Crippen LogP contribution in [0.1, 0.15) is 49.9 Å². The maximum Gasteiger partial charge on any atom is 0.143 e. The van der Waals surface area contributed by atoms with Crippen LogP contribution in [-0.2, 0) is 10.8 Å². The van der Waals surface area contributed by atoms with E-state index in [1.165, 1.54) is 99.8 Å². The Kier molecular flexibility index (Phi) is 17.2. The molecule has 0 saturated carbocycles. The highest BCUT2D eigenvalue weighted by Crippen LogP contribution is 2.53. The fraction of sp³-hybridized carbons (Fsp3) is 0.0566. The molecule has 111 heavy (non-hydrogen) atoms. The zero-order valence-electron chi connectivity index (χ0n) is 62.3. The molecule has 5 nitrogen and oxygen atoms in total. The average molecular weight is 1430 g/mol. The first kappa shape index (κ1) is 67.6. The molecule has 0 atom stereocenters. The van der Waals surface area contributed by atoms with E-state index in [-0.39, 0.29) is 10.8 Å². The number of rotatable bonds is 12. The van der Waals surface area contributed by atoms with E-state index in [0.717, 1.165) is 100 Å². The van der Waals surface area contributed by atoms with Gasteiger partial charge in [-0.25, -0.2) is 0 Å². The molecule has 2 aromatic heterocycles. The van der Waals surface area contributed by atoms with Crippen LogP contribution >= 0.6 is 0 Å². The molecule has 0 unspecified atom stereocenters. The summed E-state index contributed by atoms with van der Waals surface area (Å²) < 4.78 is 12.5. The van der Waals surface area contributed by atoms with E-state index < -0.39 is 0 Å². The first-order chi connectivity index (χ1) is 54.5. The molecule has 21 rings (SSSR count). The van der Waals surface area contributed by atoms with Crippen molar-refractivity contribution in [1.82, 2.24) is 0 Å². The minimum absolute atomic E-state index is 0.0782. The summed E-state index contributed by atoms with van der Waals surface area (Å²) in [6.07, 6.45) is 0. The van der Waals surface area contributed by atoms with E-state index in [9.17, 15) is 0 Å². The molecule has 530 valence electrons. The Morgan fingerprint density at radius 1 is 0.198 bits per heavy atom. The van der Waals surface area contributed by atoms with E-state index >= 15 is 0 Å². The molecule has 3 N–H and O–H groups in total. The van der Waals surface area contributed by atoms with Crippen LogP contribution in [0.3, 0.4) is 0 Å². The number of hydrogen-bond donors (Lipinski definition) is 3. The Balaban J connectivity index is 0.000000115. The maximum absolute atomic E-state index is 6.23. The van der Waals surface area contributed by atoms with Gasteiger partial charge in [-0.1, -0.05) is 325 Å². The molecular formula is C106H79N3O2. The zero-order valence-corrected chi connectivity index (χ0v) is 62.3. The van der Waals surface area contributed by atoms with Gasteiger partial charge in [-0.05, 0) is 197 Å². The Bertz CT molecular complexity index is 6360. The van der Waals surface area contributed by atoms with Crippen molar-refractivity contribution in [2.45, 2.75) is 38.5 Å². The van der Waals surface area contributed by atoms with Crippen molar-refractivity contribution in [3.63, 3.8) is 0 Å². The van der Waals surface area contributed by atoms with E-state index in [4.69, 9.17) is 8.83 Å². The molecule has 2 aliphatic rings. The van der Waals surface area contributed by atoms with Gasteiger partial charge >= 0.3 is 0 Å². The van der Waals surface area contributed by atoms with Crippen molar-refractivity contribution in [3.05, 3.63) is 411 Å². The van der Waals surface area contributed by atoms with Crippen molar-refractivity contribution >= 4 is 88.8 Å². The van der Waals surface area contributed by atoms with E-state index in [1.54, 1.807) is 0 Å². The van der Waals surface area contributed by atoms with Gasteiger partial charge in [0.15, 0.2) is 0 Å². The second-order valence-electron chi connectivity index (χ2n) is 30.2. The molecule has 0 aliphatic heterocycles. The van der Waals surface area contributed by atoms with E-state index in [2.05, 4.69) is 402 Å². The molecule has 0 fully saturated rings. The highest BCUT2D eigenvalue weighted by Gasteiger charge is 2.38. The lowest BCUT2D eigenvalue weighted by Gasteiger charge is -2.23. The molecule has 19 aromatic rings. The monoisotopic (exact) mass is 1430 g/mol. The second-order valence-corrected chi connectivity index (χ2v) is 30.2. The van der Waals surface area contributed by atoms with Crippen LogP contribution in [-0.4, -0.2) is 0 Å². The largest absolute Gasteiger partial charge is 0.455 e. The van der Waals surface area contributed by atoms with Gasteiger partial charge in [0, 0.05) is 83.0 Å². The maximum atomic E-state index is 6.23. The Labute approximate surface area is 647 Å². The summed E-state index contributed by atoms with van der Waals surface area (Å²) in [5, 5.41) is 17.9. The lowest BCUT2D eigenvalue weighted by Crippen LogP contribution is -2.15. The summed E-state index contributed by atoms with van der Waals surface area (Å²) in [7, 11) is 0. The highest BCUT2D eigenvalue weighted by molar-refractivity contribution is 6.11. The predicted molar refractivity (Wildman–Crippen MR) is 468 cm³/mol. The van der Waals surface area contributed by atoms with Crippen LogP contribution in [0.15, 0.2) is 397 Å². The van der Waals surface area contributed by atoms with Crippen LogP contribution in [0.2, 0.25) is 0 Å². The molecule has 0 bridgehead atoms. The number of furan rings is 2. The number of hydrogen-bond acceptors (Lipinski definition) is 5. The van der Waals surface area contributed by atoms with Crippen LogP contribution in [0, 0.1) is 0 Å². The third-order valence-electron chi connectivity index (χ3n) is 22.6. The predicted octanol–water partition coefficient (Wildman–Crippen LogP) is 29.9. The summed E-state index contributed by atoms with van der Waals surface area (Å²) in [6.45, 7) is 9.42. The van der Waals surface area contributed by atoms with Crippen molar-refractivity contribution in [1.29, 1.82) is 0 Å². The molecule has 5 heteroatoms. The summed E-state index contributed by atoms with van der Waals surface area (Å²) >= 11 is 0. The molecule has 0 saturated heterocycles. The summed E-state index contributed by atoms with van der Waals surface area (Å²) in [6, 6.07) is 138. The molecule has 0 radical (unpaired) electrons. The Hall–Kier alpha value is -14.0. The van der Waals surface area contributed by atoms with Crippen molar-refractivity contribution in [2.75, 3.05) is 16.0 Å². The van der Waals surface area contributed by atoms with E-state index in [0.29, 0.717) is 0 Å². The number of para-hydroxylation sites is 4. The standard InChI is InChI=1S/C42H35N.C36H23NO2.C28H21N/c1-41(2)37-23-29(27-11-7-5-8-12-27)15-19-33(37)35-21-17-31(25-39(35)41)43-32-18-22-36-34-20-16-30(28-13-9-6-10-14-28)24-38(34)42(3,4)40(36)26-32;1-3-13-33-29(7-1)31-11-5-9-27(35(31)38-33)23-15-19-25(20-16-23)37-26-21-17-24(18-22-26)28-10-6-12-32-30-8-2-4-14-34(30)39-36(28)32;1-2-7-21(8-3-1)22-13-15-23(16-14-22)24-17-19-26(20-18-24)29-28-12-6-10-25-9-4-5-11-27(25)28/h5-26,43H,1-4H3;1-22,37H;1-20,29H. The molecule has 0 spiro atoms. The van der Waals surface area contributed by atoms with Gasteiger partial charge in [0.05, 0.1) is 0 Å². The topological polar surface area (TPSA) is 62.4 Å². The van der Waals surface area contributed by atoms with Gasteiger partial charge in [-0.3, -0.25) is 0 Å². The van der Waals surface area contributed by atoms with Gasteiger partial charge < -0.3 is 24.8 Å². The fourth-order valence-corrected chi connectivity index (χ4v) is 16.7. The van der Waals surface area contributed by atoms with Crippen LogP contribution in [0.4, 0.5) is 34.1 Å². The van der Waals surface area contributed by atoms with Gasteiger partial charge in [-0.15, -0.1) is 0 Å². The van der Waals surface area contributed by atoms with E-state index in [1.807, 2.05) is 30.3 Å². The van der Waals surface area contributed by atoms with Gasteiger partial charge in [0.1, 0.15) is 22.3 Å². The van der Waals surface area contributed by atoms with Gasteiger partial charge in [-0.2, -0.15) is 0 Å². The van der Waals surface area contributed by atoms with Crippen LogP contribution in [0.25, 0.3) is 144 Å². The third kappa shape index (κ3) is 12.8. The smallest absolute Gasteiger partial charge is 0.143 e. The number of benzene rings is 17. The quantitative estimate of drug-likeness (QED) is 0.114. The molecule has 17 aromatic carbocycles. The summed E-state index contributed by atoms with van der Waals surface area (Å²) in [4.78, 5) is 0. The average Bonchev–Trinajstić information content (AvgIpc) is 1.58. The SMILES string of the molecule is CC1(C)c2cc(Nc3ccc4c(c3)C(C)(C)c3cc(-c5ccccc5)ccc3-4)ccc2-c2ccc(-c3ccccc3)cc21.c1ccc(-c2ccc(-c3ccc(Nc4cccc5ccccc45)cc3)cc2)cc1.c1ccc2c(c1)oc1c(-c3ccc(Nc4ccc(-c5cccc6c5oc5ccccc56)cc4)cc3)cccc12. The number of nitrogens with one attached hydrogen (secondary N) is 3. The molecule has 2 aliphatic carbocycles. The van der Waals surface area contributed by atoms with Crippen molar-refractivity contribution in [2.24, 2.45) is 0 Å². The normalized spacial score (nSPS) is 12.6. The first-order valence-corrected chi connectivity index (χ1v) is 38.3. The summed E-state index contributed by atoms with van der Waals surface area (Å²) in [5.74, 6) is 0. The third-order valence-corrected chi connectivity index (χ3v) is 22.6. The van der Waals surface area contributed by atoms with Crippen LogP contribution < -0.4 is 16.0 Å². The number of fused-ring (bicyclic) bond motifs is 13. The fourth-order valence-electron chi connectivity index (χ4n) is 16.7. The molecular weight excluding hydrogens is 1350 g/mol. The zero-order chi connectivity index (χ0) is 74.6. The second kappa shape index (κ2) is 28.3.